The summed E-state index contributed by atoms with van der Waals surface area (Å²) in [5.74, 6) is 2.50. The van der Waals surface area contributed by atoms with Crippen molar-refractivity contribution in [1.29, 1.82) is 0 Å². The van der Waals surface area contributed by atoms with Gasteiger partial charge >= 0.3 is 0 Å². The average Bonchev–Trinajstić information content (AvgIpc) is 3.20. The van der Waals surface area contributed by atoms with Gasteiger partial charge in [-0.25, -0.2) is 0 Å². The Morgan fingerprint density at radius 3 is 2.38 bits per heavy atom. The van der Waals surface area contributed by atoms with Gasteiger partial charge in [0.2, 0.25) is 6.79 Å². The summed E-state index contributed by atoms with van der Waals surface area (Å²) in [6.45, 7) is 3.14. The Hall–Kier alpha value is -3.01. The Kier molecular flexibility index (Phi) is 5.99. The third-order valence-electron chi connectivity index (χ3n) is 5.20. The van der Waals surface area contributed by atoms with Crippen LogP contribution < -0.4 is 14.2 Å². The van der Waals surface area contributed by atoms with Gasteiger partial charge in [-0.15, -0.1) is 0 Å². The minimum absolute atomic E-state index is 0.136. The fraction of sp³-hybridized carbons (Fsp3) is 0.320. The topological polar surface area (TPSA) is 44.8 Å². The molecule has 1 aliphatic heterocycles. The third-order valence-corrected chi connectivity index (χ3v) is 5.20. The van der Waals surface area contributed by atoms with Crippen molar-refractivity contribution in [3.05, 3.63) is 64.7 Å². The van der Waals surface area contributed by atoms with Crippen molar-refractivity contribution >= 4 is 17.9 Å². The second-order valence-corrected chi connectivity index (χ2v) is 7.41. The molecule has 1 fully saturated rings. The first-order valence-electron chi connectivity index (χ1n) is 10.3. The molecule has 0 unspecified atom stereocenters. The Morgan fingerprint density at radius 1 is 0.931 bits per heavy atom. The van der Waals surface area contributed by atoms with Crippen LogP contribution in [0.4, 0.5) is 0 Å². The lowest BCUT2D eigenvalue weighted by atomic mass is 9.87. The lowest BCUT2D eigenvalue weighted by Gasteiger charge is -2.16. The standard InChI is InChI=1S/C25H26O4/c1-2-3-13-27-22-10-7-18(8-11-22)14-20-5-4-6-21(25(20)26)15-19-9-12-23-24(16-19)29-17-28-23/h7-12,14-16H,2-6,13,17H2,1H3/b20-14-,21-15-. The number of rotatable bonds is 6. The van der Waals surface area contributed by atoms with E-state index in [2.05, 4.69) is 6.92 Å². The van der Waals surface area contributed by atoms with E-state index in [4.69, 9.17) is 14.2 Å². The van der Waals surface area contributed by atoms with Gasteiger partial charge in [0, 0.05) is 11.1 Å². The minimum Gasteiger partial charge on any atom is -0.494 e. The summed E-state index contributed by atoms with van der Waals surface area (Å²) < 4.78 is 16.5. The molecule has 0 saturated heterocycles. The fourth-order valence-corrected chi connectivity index (χ4v) is 3.58. The van der Waals surface area contributed by atoms with E-state index < -0.39 is 0 Å². The van der Waals surface area contributed by atoms with Gasteiger partial charge in [-0.3, -0.25) is 4.79 Å². The van der Waals surface area contributed by atoms with Gasteiger partial charge in [0.05, 0.1) is 6.61 Å². The number of carbonyl (C=O) groups excluding carboxylic acids is 1. The van der Waals surface area contributed by atoms with E-state index in [1.54, 1.807) is 0 Å². The number of allylic oxidation sites excluding steroid dienone is 2. The number of carbonyl (C=O) groups is 1. The highest BCUT2D eigenvalue weighted by molar-refractivity contribution is 6.14. The van der Waals surface area contributed by atoms with Gasteiger partial charge in [0.1, 0.15) is 5.75 Å². The molecule has 2 aromatic carbocycles. The number of benzene rings is 2. The van der Waals surface area contributed by atoms with Crippen LogP contribution in [0, 0.1) is 0 Å². The predicted molar refractivity (Wildman–Crippen MR) is 114 cm³/mol. The van der Waals surface area contributed by atoms with Crippen LogP contribution in [-0.2, 0) is 4.79 Å². The molecule has 0 atom stereocenters. The number of Topliss-reactive ketones (excluding diaryl/α,β-unsaturated/α-hetero) is 1. The molecule has 0 amide bonds. The van der Waals surface area contributed by atoms with E-state index in [1.807, 2.05) is 54.6 Å². The number of fused-ring (bicyclic) bond motifs is 1. The monoisotopic (exact) mass is 390 g/mol. The molecule has 0 bridgehead atoms. The van der Waals surface area contributed by atoms with Crippen LogP contribution >= 0.6 is 0 Å². The van der Waals surface area contributed by atoms with E-state index in [1.165, 1.54) is 0 Å². The van der Waals surface area contributed by atoms with Crippen molar-refractivity contribution in [2.45, 2.75) is 39.0 Å². The van der Waals surface area contributed by atoms with Crippen LogP contribution in [0.2, 0.25) is 0 Å². The molecule has 1 heterocycles. The van der Waals surface area contributed by atoms with Crippen molar-refractivity contribution in [2.75, 3.05) is 13.4 Å². The van der Waals surface area contributed by atoms with Gasteiger partial charge in [0.25, 0.3) is 0 Å². The molecule has 1 aliphatic carbocycles. The number of ether oxygens (including phenoxy) is 3. The molecule has 0 radical (unpaired) electrons. The van der Waals surface area contributed by atoms with Crippen LogP contribution in [0.3, 0.4) is 0 Å². The summed E-state index contributed by atoms with van der Waals surface area (Å²) in [5, 5.41) is 0. The third kappa shape index (κ3) is 4.70. The van der Waals surface area contributed by atoms with Crippen molar-refractivity contribution in [3.8, 4) is 17.2 Å². The zero-order chi connectivity index (χ0) is 20.1. The molecule has 0 N–H and O–H groups in total. The van der Waals surface area contributed by atoms with E-state index in [0.29, 0.717) is 0 Å². The van der Waals surface area contributed by atoms with E-state index in [9.17, 15) is 4.79 Å². The average molecular weight is 390 g/mol. The maximum absolute atomic E-state index is 13.0. The highest BCUT2D eigenvalue weighted by Crippen LogP contribution is 2.34. The number of ketones is 1. The van der Waals surface area contributed by atoms with E-state index in [0.717, 1.165) is 78.2 Å². The first-order chi connectivity index (χ1) is 14.2. The van der Waals surface area contributed by atoms with Gasteiger partial charge in [-0.1, -0.05) is 31.5 Å². The van der Waals surface area contributed by atoms with Crippen molar-refractivity contribution in [1.82, 2.24) is 0 Å². The molecule has 2 aliphatic rings. The number of hydrogen-bond donors (Lipinski definition) is 0. The number of unbranched alkanes of at least 4 members (excludes halogenated alkanes) is 1. The Morgan fingerprint density at radius 2 is 1.62 bits per heavy atom. The summed E-state index contributed by atoms with van der Waals surface area (Å²) in [6, 6.07) is 13.7. The second-order valence-electron chi connectivity index (χ2n) is 7.41. The molecule has 1 saturated carbocycles. The van der Waals surface area contributed by atoms with Crippen LogP contribution in [0.25, 0.3) is 12.2 Å². The van der Waals surface area contributed by atoms with Crippen LogP contribution in [-0.4, -0.2) is 19.2 Å². The molecular weight excluding hydrogens is 364 g/mol. The Labute approximate surface area is 171 Å². The van der Waals surface area contributed by atoms with Gasteiger partial charge in [-0.2, -0.15) is 0 Å². The van der Waals surface area contributed by atoms with Gasteiger partial charge < -0.3 is 14.2 Å². The summed E-state index contributed by atoms with van der Waals surface area (Å²) >= 11 is 0. The lowest BCUT2D eigenvalue weighted by molar-refractivity contribution is -0.112. The highest BCUT2D eigenvalue weighted by atomic mass is 16.7. The van der Waals surface area contributed by atoms with Crippen molar-refractivity contribution in [2.24, 2.45) is 0 Å². The molecule has 4 rings (SSSR count). The molecule has 0 aromatic heterocycles. The first-order valence-corrected chi connectivity index (χ1v) is 10.3. The molecule has 4 nitrogen and oxygen atoms in total. The van der Waals surface area contributed by atoms with Crippen LogP contribution in [0.1, 0.15) is 50.2 Å². The molecule has 0 spiro atoms. The highest BCUT2D eigenvalue weighted by Gasteiger charge is 2.21. The first kappa shape index (κ1) is 19.3. The normalized spacial score (nSPS) is 18.4. The fourth-order valence-electron chi connectivity index (χ4n) is 3.58. The summed E-state index contributed by atoms with van der Waals surface area (Å²) in [5.41, 5.74) is 3.71. The molecular formula is C25H26O4. The molecule has 150 valence electrons. The summed E-state index contributed by atoms with van der Waals surface area (Å²) in [4.78, 5) is 13.0. The molecule has 4 heteroatoms. The molecule has 2 aromatic rings. The van der Waals surface area contributed by atoms with Crippen molar-refractivity contribution in [3.63, 3.8) is 0 Å². The van der Waals surface area contributed by atoms with Crippen molar-refractivity contribution < 1.29 is 19.0 Å². The minimum atomic E-state index is 0.136. The zero-order valence-electron chi connectivity index (χ0n) is 16.8. The Bertz CT molecular complexity index is 938. The van der Waals surface area contributed by atoms with Crippen LogP contribution in [0.5, 0.6) is 17.2 Å². The Balaban J connectivity index is 1.48. The second kappa shape index (κ2) is 8.99. The molecule has 29 heavy (non-hydrogen) atoms. The van der Waals surface area contributed by atoms with Gasteiger partial charge in [0.15, 0.2) is 17.3 Å². The maximum atomic E-state index is 13.0. The maximum Gasteiger partial charge on any atom is 0.231 e. The van der Waals surface area contributed by atoms with E-state index >= 15 is 0 Å². The predicted octanol–water partition coefficient (Wildman–Crippen LogP) is 5.81. The lowest BCUT2D eigenvalue weighted by Crippen LogP contribution is -2.12. The smallest absolute Gasteiger partial charge is 0.231 e. The summed E-state index contributed by atoms with van der Waals surface area (Å²) in [7, 11) is 0. The summed E-state index contributed by atoms with van der Waals surface area (Å²) in [6.07, 6.45) is 8.74. The largest absolute Gasteiger partial charge is 0.494 e. The van der Waals surface area contributed by atoms with E-state index in [-0.39, 0.29) is 12.6 Å². The zero-order valence-corrected chi connectivity index (χ0v) is 16.8. The van der Waals surface area contributed by atoms with Crippen LogP contribution in [0.15, 0.2) is 53.6 Å². The van der Waals surface area contributed by atoms with Gasteiger partial charge in [-0.05, 0) is 73.2 Å². The quantitative estimate of drug-likeness (QED) is 0.461. The number of hydrogen-bond acceptors (Lipinski definition) is 4. The SMILES string of the molecule is CCCCOc1ccc(/C=C2/CCC/C(=C/c3ccc4c(c3)OCO4)C2=O)cc1.